The predicted octanol–water partition coefficient (Wildman–Crippen LogP) is 3.21. The Balaban J connectivity index is 1.91. The van der Waals surface area contributed by atoms with Gasteiger partial charge >= 0.3 is 0 Å². The maximum absolute atomic E-state index is 5.18. The second-order valence-electron chi connectivity index (χ2n) is 4.97. The Morgan fingerprint density at radius 2 is 2.30 bits per heavy atom. The first-order valence-corrected chi connectivity index (χ1v) is 7.05. The Morgan fingerprint density at radius 1 is 1.35 bits per heavy atom. The maximum atomic E-state index is 5.18. The van der Waals surface area contributed by atoms with Gasteiger partial charge in [-0.2, -0.15) is 5.10 Å². The lowest BCUT2D eigenvalue weighted by molar-refractivity contribution is 0.523. The molecule has 0 aliphatic rings. The summed E-state index contributed by atoms with van der Waals surface area (Å²) >= 11 is 0. The molecule has 0 amide bonds. The standard InChI is InChI=1S/C16H19N3O/c1-2-7-17-15(10-13-6-9-20-12-13)14-11-18-19-8-4-3-5-16(14)19/h3-6,8-9,11-12,15,17H,2,7,10H2,1H3. The van der Waals surface area contributed by atoms with Crippen molar-refractivity contribution in [3.8, 4) is 0 Å². The largest absolute Gasteiger partial charge is 0.472 e. The fourth-order valence-corrected chi connectivity index (χ4v) is 2.48. The summed E-state index contributed by atoms with van der Waals surface area (Å²) in [4.78, 5) is 0. The second-order valence-corrected chi connectivity index (χ2v) is 4.97. The average Bonchev–Trinajstić information content (AvgIpc) is 3.12. The molecular weight excluding hydrogens is 250 g/mol. The van der Waals surface area contributed by atoms with Crippen LogP contribution < -0.4 is 5.32 Å². The van der Waals surface area contributed by atoms with E-state index in [9.17, 15) is 0 Å². The van der Waals surface area contributed by atoms with Gasteiger partial charge in [0.15, 0.2) is 0 Å². The van der Waals surface area contributed by atoms with Crippen LogP contribution in [0.1, 0.15) is 30.5 Å². The van der Waals surface area contributed by atoms with Gasteiger partial charge in [-0.15, -0.1) is 0 Å². The van der Waals surface area contributed by atoms with Gasteiger partial charge in [0.05, 0.1) is 24.2 Å². The van der Waals surface area contributed by atoms with Gasteiger partial charge in [0.25, 0.3) is 0 Å². The number of fused-ring (bicyclic) bond motifs is 1. The number of nitrogens with zero attached hydrogens (tertiary/aromatic N) is 2. The molecule has 0 radical (unpaired) electrons. The van der Waals surface area contributed by atoms with Gasteiger partial charge in [0.2, 0.25) is 0 Å². The number of hydrogen-bond acceptors (Lipinski definition) is 3. The molecule has 1 unspecified atom stereocenters. The van der Waals surface area contributed by atoms with Crippen LogP contribution in [0.25, 0.3) is 5.52 Å². The fraction of sp³-hybridized carbons (Fsp3) is 0.312. The van der Waals surface area contributed by atoms with Crippen molar-refractivity contribution in [3.05, 3.63) is 60.3 Å². The number of hydrogen-bond donors (Lipinski definition) is 1. The van der Waals surface area contributed by atoms with Gasteiger partial charge in [0.1, 0.15) is 0 Å². The first-order chi connectivity index (χ1) is 9.88. The van der Waals surface area contributed by atoms with Gasteiger partial charge in [-0.05, 0) is 43.1 Å². The van der Waals surface area contributed by atoms with Crippen LogP contribution in [0.5, 0.6) is 0 Å². The van der Waals surface area contributed by atoms with Gasteiger partial charge in [-0.3, -0.25) is 0 Å². The first kappa shape index (κ1) is 12.9. The minimum absolute atomic E-state index is 0.257. The summed E-state index contributed by atoms with van der Waals surface area (Å²) in [6.07, 6.45) is 9.50. The molecule has 0 aliphatic heterocycles. The highest BCUT2D eigenvalue weighted by Gasteiger charge is 2.16. The third-order valence-electron chi connectivity index (χ3n) is 3.49. The summed E-state index contributed by atoms with van der Waals surface area (Å²) < 4.78 is 7.10. The van der Waals surface area contributed by atoms with Crippen LogP contribution in [0.2, 0.25) is 0 Å². The summed E-state index contributed by atoms with van der Waals surface area (Å²) in [6, 6.07) is 8.43. The van der Waals surface area contributed by atoms with Crippen molar-refractivity contribution in [2.75, 3.05) is 6.54 Å². The van der Waals surface area contributed by atoms with Gasteiger partial charge in [0, 0.05) is 17.8 Å². The molecule has 1 N–H and O–H groups in total. The quantitative estimate of drug-likeness (QED) is 0.747. The zero-order valence-corrected chi connectivity index (χ0v) is 11.6. The predicted molar refractivity (Wildman–Crippen MR) is 78.6 cm³/mol. The van der Waals surface area contributed by atoms with Crippen molar-refractivity contribution in [1.29, 1.82) is 0 Å². The Bertz CT molecular complexity index is 657. The summed E-state index contributed by atoms with van der Waals surface area (Å²) in [5, 5.41) is 8.04. The van der Waals surface area contributed by atoms with Crippen molar-refractivity contribution in [3.63, 3.8) is 0 Å². The number of furan rings is 1. The van der Waals surface area contributed by atoms with Crippen LogP contribution >= 0.6 is 0 Å². The zero-order valence-electron chi connectivity index (χ0n) is 11.6. The summed E-state index contributed by atoms with van der Waals surface area (Å²) in [7, 11) is 0. The molecule has 104 valence electrons. The van der Waals surface area contributed by atoms with Gasteiger partial charge < -0.3 is 9.73 Å². The molecule has 4 heteroatoms. The Labute approximate surface area is 118 Å². The molecule has 3 aromatic heterocycles. The van der Waals surface area contributed by atoms with Crippen LogP contribution in [0.4, 0.5) is 0 Å². The summed E-state index contributed by atoms with van der Waals surface area (Å²) in [6.45, 7) is 3.17. The van der Waals surface area contributed by atoms with E-state index in [4.69, 9.17) is 4.42 Å². The minimum Gasteiger partial charge on any atom is -0.472 e. The van der Waals surface area contributed by atoms with Crippen molar-refractivity contribution in [1.82, 2.24) is 14.9 Å². The Hall–Kier alpha value is -2.07. The van der Waals surface area contributed by atoms with E-state index in [0.29, 0.717) is 0 Å². The highest BCUT2D eigenvalue weighted by Crippen LogP contribution is 2.23. The van der Waals surface area contributed by atoms with E-state index in [1.807, 2.05) is 35.3 Å². The van der Waals surface area contributed by atoms with Gasteiger partial charge in [-0.25, -0.2) is 4.52 Å². The first-order valence-electron chi connectivity index (χ1n) is 7.05. The minimum atomic E-state index is 0.257. The van der Waals surface area contributed by atoms with E-state index in [0.717, 1.165) is 24.9 Å². The number of rotatable bonds is 6. The second kappa shape index (κ2) is 5.92. The van der Waals surface area contributed by atoms with Crippen LogP contribution in [0, 0.1) is 0 Å². The lowest BCUT2D eigenvalue weighted by atomic mass is 10.0. The van der Waals surface area contributed by atoms with Crippen LogP contribution in [0.15, 0.2) is 53.6 Å². The van der Waals surface area contributed by atoms with Gasteiger partial charge in [-0.1, -0.05) is 13.0 Å². The lowest BCUT2D eigenvalue weighted by Gasteiger charge is -2.17. The summed E-state index contributed by atoms with van der Waals surface area (Å²) in [5.41, 5.74) is 3.60. The molecule has 0 bridgehead atoms. The third-order valence-corrected chi connectivity index (χ3v) is 3.49. The van der Waals surface area contributed by atoms with E-state index < -0.39 is 0 Å². The molecule has 3 aromatic rings. The van der Waals surface area contributed by atoms with Crippen molar-refractivity contribution in [2.45, 2.75) is 25.8 Å². The average molecular weight is 269 g/mol. The molecule has 1 atom stereocenters. The molecule has 0 spiro atoms. The molecule has 0 saturated heterocycles. The lowest BCUT2D eigenvalue weighted by Crippen LogP contribution is -2.23. The highest BCUT2D eigenvalue weighted by molar-refractivity contribution is 5.55. The molecule has 3 heterocycles. The monoisotopic (exact) mass is 269 g/mol. The van der Waals surface area contributed by atoms with Crippen LogP contribution in [-0.4, -0.2) is 16.2 Å². The van der Waals surface area contributed by atoms with E-state index in [-0.39, 0.29) is 6.04 Å². The molecule has 3 rings (SSSR count). The molecule has 0 fully saturated rings. The van der Waals surface area contributed by atoms with E-state index in [1.165, 1.54) is 11.1 Å². The molecule has 4 nitrogen and oxygen atoms in total. The van der Waals surface area contributed by atoms with E-state index in [1.54, 1.807) is 6.26 Å². The molecule has 0 saturated carbocycles. The summed E-state index contributed by atoms with van der Waals surface area (Å²) in [5.74, 6) is 0. The van der Waals surface area contributed by atoms with Crippen LogP contribution in [0.3, 0.4) is 0 Å². The topological polar surface area (TPSA) is 42.5 Å². The van der Waals surface area contributed by atoms with E-state index >= 15 is 0 Å². The molecule has 0 aromatic carbocycles. The smallest absolute Gasteiger partial charge is 0.0935 e. The number of pyridine rings is 1. The Kier molecular flexibility index (Phi) is 3.83. The third kappa shape index (κ3) is 2.60. The van der Waals surface area contributed by atoms with Crippen molar-refractivity contribution >= 4 is 5.52 Å². The number of aromatic nitrogens is 2. The maximum Gasteiger partial charge on any atom is 0.0935 e. The van der Waals surface area contributed by atoms with Crippen molar-refractivity contribution in [2.24, 2.45) is 0 Å². The highest BCUT2D eigenvalue weighted by atomic mass is 16.3. The molecular formula is C16H19N3O. The normalized spacial score (nSPS) is 12.8. The SMILES string of the molecule is CCCNC(Cc1ccoc1)c1cnn2ccccc12. The fourth-order valence-electron chi connectivity index (χ4n) is 2.48. The Morgan fingerprint density at radius 3 is 3.10 bits per heavy atom. The van der Waals surface area contributed by atoms with Crippen LogP contribution in [-0.2, 0) is 6.42 Å². The zero-order chi connectivity index (χ0) is 13.8. The van der Waals surface area contributed by atoms with E-state index in [2.05, 4.69) is 29.5 Å². The molecule has 0 aliphatic carbocycles. The van der Waals surface area contributed by atoms with Crippen molar-refractivity contribution < 1.29 is 4.42 Å². The molecule has 20 heavy (non-hydrogen) atoms. The number of nitrogens with one attached hydrogen (secondary N) is 1.